The van der Waals surface area contributed by atoms with Gasteiger partial charge >= 0.3 is 0 Å². The van der Waals surface area contributed by atoms with Crippen molar-refractivity contribution in [3.63, 3.8) is 0 Å². The average Bonchev–Trinajstić information content (AvgIpc) is 2.76. The van der Waals surface area contributed by atoms with E-state index in [1.165, 1.54) is 5.56 Å². The highest BCUT2D eigenvalue weighted by atomic mass is 35.5. The molecule has 5 heteroatoms. The summed E-state index contributed by atoms with van der Waals surface area (Å²) in [6, 6.07) is 6.28. The van der Waals surface area contributed by atoms with Crippen molar-refractivity contribution < 1.29 is 9.47 Å². The maximum absolute atomic E-state index is 5.89. The highest BCUT2D eigenvalue weighted by Crippen LogP contribution is 2.19. The summed E-state index contributed by atoms with van der Waals surface area (Å²) in [5, 5.41) is 0. The number of aryl methyl sites for hydroxylation is 2. The van der Waals surface area contributed by atoms with Crippen molar-refractivity contribution in [1.29, 1.82) is 0 Å². The number of methoxy groups -OCH3 is 2. The van der Waals surface area contributed by atoms with Gasteiger partial charge in [-0.3, -0.25) is 0 Å². The molecule has 0 aliphatic carbocycles. The Morgan fingerprint density at radius 3 is 2.80 bits per heavy atom. The molecule has 0 N–H and O–H groups in total. The van der Waals surface area contributed by atoms with E-state index in [4.69, 9.17) is 21.1 Å². The van der Waals surface area contributed by atoms with Crippen molar-refractivity contribution in [2.45, 2.75) is 26.0 Å². The molecule has 0 fully saturated rings. The molecule has 0 aliphatic rings. The number of halogens is 1. The van der Waals surface area contributed by atoms with Gasteiger partial charge in [0, 0.05) is 26.5 Å². The average molecular weight is 297 g/mol. The Morgan fingerprint density at radius 2 is 2.15 bits per heavy atom. The second-order valence-corrected chi connectivity index (χ2v) is 5.26. The highest BCUT2D eigenvalue weighted by molar-refractivity contribution is 6.17. The molecule has 0 bridgehead atoms. The first-order valence-electron chi connectivity index (χ1n) is 6.73. The second kappa shape index (κ2) is 7.07. The van der Waals surface area contributed by atoms with Crippen LogP contribution in [0.1, 0.15) is 11.4 Å². The lowest BCUT2D eigenvalue weighted by Gasteiger charge is -2.17. The van der Waals surface area contributed by atoms with E-state index in [1.54, 1.807) is 14.2 Å². The van der Waals surface area contributed by atoms with Gasteiger partial charge < -0.3 is 14.0 Å². The summed E-state index contributed by atoms with van der Waals surface area (Å²) in [5.41, 5.74) is 3.35. The SMILES string of the molecule is COCC(Cn1c(CCCl)nc2ccc(C)cc21)OC. The van der Waals surface area contributed by atoms with Crippen molar-refractivity contribution in [1.82, 2.24) is 9.55 Å². The number of hydrogen-bond donors (Lipinski definition) is 0. The second-order valence-electron chi connectivity index (χ2n) is 4.88. The number of rotatable bonds is 7. The molecule has 110 valence electrons. The molecule has 20 heavy (non-hydrogen) atoms. The third-order valence-electron chi connectivity index (χ3n) is 3.37. The molecule has 1 heterocycles. The van der Waals surface area contributed by atoms with Crippen molar-refractivity contribution in [3.05, 3.63) is 29.6 Å². The Balaban J connectivity index is 2.41. The van der Waals surface area contributed by atoms with Gasteiger partial charge in [-0.2, -0.15) is 0 Å². The Bertz CT molecular complexity index is 568. The zero-order valence-corrected chi connectivity index (χ0v) is 13.0. The van der Waals surface area contributed by atoms with Crippen LogP contribution in [0.3, 0.4) is 0 Å². The molecule has 1 atom stereocenters. The molecular formula is C15H21ClN2O2. The van der Waals surface area contributed by atoms with Crippen LogP contribution < -0.4 is 0 Å². The van der Waals surface area contributed by atoms with Crippen LogP contribution in [0.15, 0.2) is 18.2 Å². The summed E-state index contributed by atoms with van der Waals surface area (Å²) in [4.78, 5) is 4.67. The number of aromatic nitrogens is 2. The lowest BCUT2D eigenvalue weighted by Crippen LogP contribution is -2.24. The Hall–Kier alpha value is -1.10. The molecule has 2 aromatic rings. The molecule has 2 rings (SSSR count). The fourth-order valence-electron chi connectivity index (χ4n) is 2.35. The maximum Gasteiger partial charge on any atom is 0.111 e. The molecule has 4 nitrogen and oxygen atoms in total. The number of hydrogen-bond acceptors (Lipinski definition) is 3. The van der Waals surface area contributed by atoms with Gasteiger partial charge in [0.2, 0.25) is 0 Å². The van der Waals surface area contributed by atoms with E-state index in [0.29, 0.717) is 12.5 Å². The van der Waals surface area contributed by atoms with E-state index >= 15 is 0 Å². The first-order chi connectivity index (χ1) is 9.69. The molecule has 0 saturated heterocycles. The molecule has 0 amide bonds. The van der Waals surface area contributed by atoms with E-state index in [9.17, 15) is 0 Å². The largest absolute Gasteiger partial charge is 0.382 e. The summed E-state index contributed by atoms with van der Waals surface area (Å²) in [7, 11) is 3.39. The Labute approximate surface area is 124 Å². The van der Waals surface area contributed by atoms with Crippen molar-refractivity contribution in [2.24, 2.45) is 0 Å². The van der Waals surface area contributed by atoms with Crippen LogP contribution in [-0.2, 0) is 22.4 Å². The zero-order valence-electron chi connectivity index (χ0n) is 12.2. The summed E-state index contributed by atoms with van der Waals surface area (Å²) >= 11 is 5.89. The van der Waals surface area contributed by atoms with E-state index in [-0.39, 0.29) is 6.10 Å². The third-order valence-corrected chi connectivity index (χ3v) is 3.56. The standard InChI is InChI=1S/C15H21ClN2O2/c1-11-4-5-13-14(8-11)18(15(17-13)6-7-16)9-12(20-3)10-19-2/h4-5,8,12H,6-7,9-10H2,1-3H3. The minimum absolute atomic E-state index is 0.00647. The van der Waals surface area contributed by atoms with Gasteiger partial charge in [0.05, 0.1) is 30.3 Å². The molecule has 1 aromatic carbocycles. The molecule has 1 aromatic heterocycles. The fourth-order valence-corrected chi connectivity index (χ4v) is 2.52. The highest BCUT2D eigenvalue weighted by Gasteiger charge is 2.15. The van der Waals surface area contributed by atoms with Crippen LogP contribution >= 0.6 is 11.6 Å². The van der Waals surface area contributed by atoms with E-state index in [1.807, 2.05) is 0 Å². The molecule has 0 radical (unpaired) electrons. The summed E-state index contributed by atoms with van der Waals surface area (Å²) in [6.07, 6.45) is 0.755. The predicted molar refractivity (Wildman–Crippen MR) is 81.6 cm³/mol. The van der Waals surface area contributed by atoms with Crippen molar-refractivity contribution in [3.8, 4) is 0 Å². The Morgan fingerprint density at radius 1 is 1.35 bits per heavy atom. The summed E-state index contributed by atoms with van der Waals surface area (Å²) < 4.78 is 12.9. The topological polar surface area (TPSA) is 36.3 Å². The lowest BCUT2D eigenvalue weighted by molar-refractivity contribution is 0.0186. The van der Waals surface area contributed by atoms with Gasteiger partial charge in [0.1, 0.15) is 5.82 Å². The number of imidazole rings is 1. The molecular weight excluding hydrogens is 276 g/mol. The molecule has 0 saturated carbocycles. The van der Waals surface area contributed by atoms with E-state index < -0.39 is 0 Å². The van der Waals surface area contributed by atoms with Crippen molar-refractivity contribution in [2.75, 3.05) is 26.7 Å². The first-order valence-corrected chi connectivity index (χ1v) is 7.26. The van der Waals surface area contributed by atoms with Gasteiger partial charge in [-0.05, 0) is 24.6 Å². The monoisotopic (exact) mass is 296 g/mol. The Kier molecular flexibility index (Phi) is 5.40. The lowest BCUT2D eigenvalue weighted by atomic mass is 10.2. The molecule has 0 spiro atoms. The van der Waals surface area contributed by atoms with Gasteiger partial charge in [0.25, 0.3) is 0 Å². The minimum Gasteiger partial charge on any atom is -0.382 e. The van der Waals surface area contributed by atoms with Crippen LogP contribution in [0.2, 0.25) is 0 Å². The molecule has 0 aliphatic heterocycles. The molecule has 1 unspecified atom stereocenters. The van der Waals surface area contributed by atoms with Crippen LogP contribution in [0.5, 0.6) is 0 Å². The number of benzene rings is 1. The normalized spacial score (nSPS) is 13.0. The van der Waals surface area contributed by atoms with Crippen LogP contribution in [0, 0.1) is 6.92 Å². The number of alkyl halides is 1. The third kappa shape index (κ3) is 3.32. The van der Waals surface area contributed by atoms with Gasteiger partial charge in [-0.15, -0.1) is 11.6 Å². The van der Waals surface area contributed by atoms with Crippen LogP contribution in [-0.4, -0.2) is 42.4 Å². The number of ether oxygens (including phenoxy) is 2. The summed E-state index contributed by atoms with van der Waals surface area (Å²) in [6.45, 7) is 3.36. The number of nitrogens with zero attached hydrogens (tertiary/aromatic N) is 2. The fraction of sp³-hybridized carbons (Fsp3) is 0.533. The maximum atomic E-state index is 5.89. The van der Waals surface area contributed by atoms with E-state index in [0.717, 1.165) is 29.8 Å². The zero-order chi connectivity index (χ0) is 14.5. The van der Waals surface area contributed by atoms with Gasteiger partial charge in [-0.25, -0.2) is 4.98 Å². The first kappa shape index (κ1) is 15.3. The van der Waals surface area contributed by atoms with E-state index in [2.05, 4.69) is 34.7 Å². The van der Waals surface area contributed by atoms with Gasteiger partial charge in [-0.1, -0.05) is 6.07 Å². The smallest absolute Gasteiger partial charge is 0.111 e. The predicted octanol–water partition coefficient (Wildman–Crippen LogP) is 2.79. The van der Waals surface area contributed by atoms with Crippen LogP contribution in [0.25, 0.3) is 11.0 Å². The van der Waals surface area contributed by atoms with Crippen molar-refractivity contribution >= 4 is 22.6 Å². The van der Waals surface area contributed by atoms with Crippen LogP contribution in [0.4, 0.5) is 0 Å². The quantitative estimate of drug-likeness (QED) is 0.737. The number of fused-ring (bicyclic) bond motifs is 1. The minimum atomic E-state index is 0.00647. The van der Waals surface area contributed by atoms with Gasteiger partial charge in [0.15, 0.2) is 0 Å². The summed E-state index contributed by atoms with van der Waals surface area (Å²) in [5.74, 6) is 1.56.